The van der Waals surface area contributed by atoms with Crippen LogP contribution < -0.4 is 10.4 Å². The van der Waals surface area contributed by atoms with Crippen molar-refractivity contribution >= 4 is 16.6 Å². The van der Waals surface area contributed by atoms with Crippen LogP contribution in [0.4, 0.5) is 0 Å². The number of methoxy groups -OCH3 is 1. The Balaban J connectivity index is 2.04. The first-order valence-electron chi connectivity index (χ1n) is 6.61. The Morgan fingerprint density at radius 3 is 2.91 bits per heavy atom. The van der Waals surface area contributed by atoms with Crippen molar-refractivity contribution in [1.82, 2.24) is 29.4 Å². The van der Waals surface area contributed by atoms with E-state index >= 15 is 0 Å². The number of nitrogens with one attached hydrogen (secondary N) is 1. The molecule has 0 aliphatic carbocycles. The molecule has 1 aromatic carbocycles. The van der Waals surface area contributed by atoms with E-state index in [0.29, 0.717) is 22.7 Å². The summed E-state index contributed by atoms with van der Waals surface area (Å²) in [6.07, 6.45) is 3.46. The first kappa shape index (κ1) is 12.6. The molecule has 0 bridgehead atoms. The van der Waals surface area contributed by atoms with Crippen LogP contribution in [0.2, 0.25) is 0 Å². The summed E-state index contributed by atoms with van der Waals surface area (Å²) in [4.78, 5) is 19.4. The van der Waals surface area contributed by atoms with Gasteiger partial charge in [0.1, 0.15) is 5.75 Å². The number of benzene rings is 1. The number of aromatic amines is 1. The molecule has 22 heavy (non-hydrogen) atoms. The van der Waals surface area contributed by atoms with Crippen LogP contribution in [0.5, 0.6) is 5.75 Å². The summed E-state index contributed by atoms with van der Waals surface area (Å²) in [5.74, 6) is 1.13. The maximum absolute atomic E-state index is 12.2. The van der Waals surface area contributed by atoms with Gasteiger partial charge in [-0.2, -0.15) is 9.61 Å². The molecule has 0 atom stereocenters. The monoisotopic (exact) mass is 296 g/mol. The average Bonchev–Trinajstić information content (AvgIpc) is 3.13. The molecule has 8 heteroatoms. The number of hydrogen-bond acceptors (Lipinski definition) is 5. The quantitative estimate of drug-likeness (QED) is 0.595. The van der Waals surface area contributed by atoms with E-state index in [1.165, 1.54) is 4.52 Å². The van der Waals surface area contributed by atoms with Crippen LogP contribution in [0, 0.1) is 0 Å². The fourth-order valence-electron chi connectivity index (χ4n) is 2.40. The molecule has 3 aromatic heterocycles. The molecule has 4 aromatic rings. The van der Waals surface area contributed by atoms with Crippen LogP contribution >= 0.6 is 0 Å². The van der Waals surface area contributed by atoms with Gasteiger partial charge in [0.15, 0.2) is 11.5 Å². The van der Waals surface area contributed by atoms with Gasteiger partial charge >= 0.3 is 5.69 Å². The highest BCUT2D eigenvalue weighted by Gasteiger charge is 2.13. The zero-order chi connectivity index (χ0) is 15.3. The van der Waals surface area contributed by atoms with Gasteiger partial charge in [0.05, 0.1) is 24.4 Å². The third-order valence-electron chi connectivity index (χ3n) is 3.47. The minimum absolute atomic E-state index is 0.349. The van der Waals surface area contributed by atoms with Crippen molar-refractivity contribution in [1.29, 1.82) is 0 Å². The Bertz CT molecular complexity index is 1060. The predicted molar refractivity (Wildman–Crippen MR) is 79.9 cm³/mol. The molecule has 110 valence electrons. The highest BCUT2D eigenvalue weighted by Crippen LogP contribution is 2.22. The SMILES string of the molecule is COc1ccc2c(c1)[nH]c(=O)n1nc(-c3cnn(C)c3)nc21. The molecule has 4 rings (SSSR count). The lowest BCUT2D eigenvalue weighted by Gasteiger charge is -2.02. The van der Waals surface area contributed by atoms with Gasteiger partial charge in [-0.05, 0) is 12.1 Å². The fraction of sp³-hybridized carbons (Fsp3) is 0.143. The van der Waals surface area contributed by atoms with Crippen molar-refractivity contribution in [3.05, 3.63) is 41.1 Å². The maximum Gasteiger partial charge on any atom is 0.348 e. The van der Waals surface area contributed by atoms with E-state index < -0.39 is 0 Å². The molecule has 0 saturated carbocycles. The number of rotatable bonds is 2. The van der Waals surface area contributed by atoms with Gasteiger partial charge in [-0.1, -0.05) is 0 Å². The number of H-pyrrole nitrogens is 1. The molecular weight excluding hydrogens is 284 g/mol. The van der Waals surface area contributed by atoms with E-state index in [-0.39, 0.29) is 5.69 Å². The summed E-state index contributed by atoms with van der Waals surface area (Å²) in [5, 5.41) is 9.16. The Morgan fingerprint density at radius 1 is 1.32 bits per heavy atom. The van der Waals surface area contributed by atoms with E-state index in [1.807, 2.05) is 19.2 Å². The Labute approximate surface area is 124 Å². The third-order valence-corrected chi connectivity index (χ3v) is 3.47. The van der Waals surface area contributed by atoms with Gasteiger partial charge < -0.3 is 9.72 Å². The highest BCUT2D eigenvalue weighted by atomic mass is 16.5. The van der Waals surface area contributed by atoms with Gasteiger partial charge in [-0.15, -0.1) is 5.10 Å². The lowest BCUT2D eigenvalue weighted by atomic mass is 10.2. The molecule has 0 spiro atoms. The Hall–Kier alpha value is -3.16. The summed E-state index contributed by atoms with van der Waals surface area (Å²) in [6.45, 7) is 0. The lowest BCUT2D eigenvalue weighted by Crippen LogP contribution is -2.17. The largest absolute Gasteiger partial charge is 0.497 e. The summed E-state index contributed by atoms with van der Waals surface area (Å²) in [5.41, 5.74) is 1.56. The molecular formula is C14H12N6O2. The normalized spacial score (nSPS) is 11.4. The number of aryl methyl sites for hydroxylation is 1. The van der Waals surface area contributed by atoms with Crippen LogP contribution in [0.1, 0.15) is 0 Å². The molecule has 3 heterocycles. The van der Waals surface area contributed by atoms with Gasteiger partial charge in [0.25, 0.3) is 0 Å². The molecule has 0 amide bonds. The van der Waals surface area contributed by atoms with Crippen LogP contribution in [0.15, 0.2) is 35.4 Å². The Kier molecular flexibility index (Phi) is 2.52. The highest BCUT2D eigenvalue weighted by molar-refractivity contribution is 5.92. The molecule has 0 aliphatic rings. The molecule has 0 fully saturated rings. The van der Waals surface area contributed by atoms with Crippen molar-refractivity contribution in [3.8, 4) is 17.1 Å². The summed E-state index contributed by atoms with van der Waals surface area (Å²) in [7, 11) is 3.39. The topological polar surface area (TPSA) is 90.1 Å². The minimum atomic E-state index is -0.349. The lowest BCUT2D eigenvalue weighted by molar-refractivity contribution is 0.415. The third kappa shape index (κ3) is 1.77. The van der Waals surface area contributed by atoms with Gasteiger partial charge in [-0.25, -0.2) is 9.78 Å². The van der Waals surface area contributed by atoms with Crippen LogP contribution in [0.25, 0.3) is 27.9 Å². The van der Waals surface area contributed by atoms with Gasteiger partial charge in [0, 0.05) is 24.7 Å². The van der Waals surface area contributed by atoms with E-state index in [4.69, 9.17) is 4.74 Å². The van der Waals surface area contributed by atoms with Crippen molar-refractivity contribution in [2.45, 2.75) is 0 Å². The smallest absolute Gasteiger partial charge is 0.348 e. The summed E-state index contributed by atoms with van der Waals surface area (Å²) >= 11 is 0. The predicted octanol–water partition coefficient (Wildman–Crippen LogP) is 0.980. The second-order valence-electron chi connectivity index (χ2n) is 4.92. The second kappa shape index (κ2) is 4.42. The standard InChI is InChI=1S/C14H12N6O2/c1-19-7-8(6-15-19)12-17-13-10-4-3-9(22-2)5-11(10)16-14(21)20(13)18-12/h3-7H,1-2H3,(H,16,21). The molecule has 8 nitrogen and oxygen atoms in total. The van der Waals surface area contributed by atoms with Crippen molar-refractivity contribution in [3.63, 3.8) is 0 Å². The van der Waals surface area contributed by atoms with E-state index in [1.54, 1.807) is 30.3 Å². The molecule has 1 N–H and O–H groups in total. The van der Waals surface area contributed by atoms with Crippen molar-refractivity contribution < 1.29 is 4.74 Å². The van der Waals surface area contributed by atoms with E-state index in [2.05, 4.69) is 20.2 Å². The number of fused-ring (bicyclic) bond motifs is 3. The van der Waals surface area contributed by atoms with Crippen LogP contribution in [-0.2, 0) is 7.05 Å². The zero-order valence-electron chi connectivity index (χ0n) is 11.9. The fourth-order valence-corrected chi connectivity index (χ4v) is 2.40. The average molecular weight is 296 g/mol. The first-order valence-corrected chi connectivity index (χ1v) is 6.61. The van der Waals surface area contributed by atoms with Crippen LogP contribution in [-0.4, -0.2) is 36.5 Å². The number of aromatic nitrogens is 6. The van der Waals surface area contributed by atoms with Crippen LogP contribution in [0.3, 0.4) is 0 Å². The zero-order valence-corrected chi connectivity index (χ0v) is 11.9. The number of nitrogens with zero attached hydrogens (tertiary/aromatic N) is 5. The van der Waals surface area contributed by atoms with Crippen molar-refractivity contribution in [2.24, 2.45) is 7.05 Å². The second-order valence-corrected chi connectivity index (χ2v) is 4.92. The summed E-state index contributed by atoms with van der Waals surface area (Å²) < 4.78 is 8.10. The van der Waals surface area contributed by atoms with Crippen molar-refractivity contribution in [2.75, 3.05) is 7.11 Å². The van der Waals surface area contributed by atoms with Gasteiger partial charge in [0.2, 0.25) is 0 Å². The Morgan fingerprint density at radius 2 is 2.18 bits per heavy atom. The van der Waals surface area contributed by atoms with Gasteiger partial charge in [-0.3, -0.25) is 4.68 Å². The summed E-state index contributed by atoms with van der Waals surface area (Å²) in [6, 6.07) is 5.43. The number of ether oxygens (including phenoxy) is 1. The minimum Gasteiger partial charge on any atom is -0.497 e. The van der Waals surface area contributed by atoms with E-state index in [9.17, 15) is 4.79 Å². The molecule has 0 saturated heterocycles. The first-order chi connectivity index (χ1) is 10.7. The maximum atomic E-state index is 12.2. The van der Waals surface area contributed by atoms with E-state index in [0.717, 1.165) is 10.9 Å². The molecule has 0 aliphatic heterocycles. The number of hydrogen-bond donors (Lipinski definition) is 1. The molecule has 0 radical (unpaired) electrons. The molecule has 0 unspecified atom stereocenters.